The van der Waals surface area contributed by atoms with Crippen molar-refractivity contribution < 1.29 is 22.7 Å². The van der Waals surface area contributed by atoms with Gasteiger partial charge in [-0.25, -0.2) is 4.39 Å². The van der Waals surface area contributed by atoms with Crippen LogP contribution in [0.5, 0.6) is 0 Å². The topological polar surface area (TPSA) is 20.2 Å². The number of hydrogen-bond donors (Lipinski definition) is 1. The third kappa shape index (κ3) is 3.44. The van der Waals surface area contributed by atoms with Crippen molar-refractivity contribution in [2.75, 3.05) is 0 Å². The number of aryl methyl sites for hydroxylation is 1. The second kappa shape index (κ2) is 5.77. The average molecular weight is 363 g/mol. The van der Waals surface area contributed by atoms with Crippen LogP contribution in [-0.4, -0.2) is 5.11 Å². The lowest BCUT2D eigenvalue weighted by Gasteiger charge is -2.16. The van der Waals surface area contributed by atoms with Crippen molar-refractivity contribution in [3.8, 4) is 0 Å². The molecule has 1 N–H and O–H groups in total. The van der Waals surface area contributed by atoms with Gasteiger partial charge in [0, 0.05) is 4.47 Å². The van der Waals surface area contributed by atoms with E-state index in [0.29, 0.717) is 15.6 Å². The Morgan fingerprint density at radius 2 is 1.76 bits per heavy atom. The van der Waals surface area contributed by atoms with Crippen molar-refractivity contribution in [2.45, 2.75) is 19.2 Å². The summed E-state index contributed by atoms with van der Waals surface area (Å²) in [4.78, 5) is 0. The van der Waals surface area contributed by atoms with E-state index < -0.39 is 23.7 Å². The number of aliphatic hydroxyl groups excluding tert-OH is 1. The van der Waals surface area contributed by atoms with Gasteiger partial charge in [-0.05, 0) is 47.9 Å². The highest BCUT2D eigenvalue weighted by Crippen LogP contribution is 2.35. The summed E-state index contributed by atoms with van der Waals surface area (Å²) in [6.07, 6.45) is -5.77. The molecule has 0 fully saturated rings. The van der Waals surface area contributed by atoms with Crippen LogP contribution < -0.4 is 0 Å². The first-order valence-electron chi connectivity index (χ1n) is 6.01. The van der Waals surface area contributed by atoms with E-state index in [4.69, 9.17) is 0 Å². The van der Waals surface area contributed by atoms with Gasteiger partial charge in [0.05, 0.1) is 5.56 Å². The number of alkyl halides is 3. The van der Waals surface area contributed by atoms with Gasteiger partial charge in [-0.1, -0.05) is 28.1 Å². The second-order valence-electron chi connectivity index (χ2n) is 4.65. The first-order chi connectivity index (χ1) is 9.70. The Morgan fingerprint density at radius 3 is 2.33 bits per heavy atom. The molecule has 2 aromatic rings. The van der Waals surface area contributed by atoms with Crippen LogP contribution in [0.1, 0.15) is 28.4 Å². The molecule has 0 aliphatic heterocycles. The highest BCUT2D eigenvalue weighted by atomic mass is 79.9. The van der Waals surface area contributed by atoms with Crippen LogP contribution >= 0.6 is 15.9 Å². The molecule has 0 aliphatic rings. The van der Waals surface area contributed by atoms with E-state index in [0.717, 1.165) is 12.1 Å². The minimum atomic E-state index is -4.49. The van der Waals surface area contributed by atoms with E-state index in [1.54, 1.807) is 0 Å². The average Bonchev–Trinajstić information content (AvgIpc) is 2.40. The first-order valence-corrected chi connectivity index (χ1v) is 6.80. The molecule has 0 amide bonds. The van der Waals surface area contributed by atoms with E-state index >= 15 is 0 Å². The summed E-state index contributed by atoms with van der Waals surface area (Å²) in [5.74, 6) is -0.436. The summed E-state index contributed by atoms with van der Waals surface area (Å²) >= 11 is 3.13. The molecular formula is C15H11BrF4O. The van der Waals surface area contributed by atoms with Gasteiger partial charge in [-0.2, -0.15) is 13.2 Å². The Morgan fingerprint density at radius 1 is 1.10 bits per heavy atom. The summed E-state index contributed by atoms with van der Waals surface area (Å²) in [6.45, 7) is 1.52. The monoisotopic (exact) mass is 362 g/mol. The number of benzene rings is 2. The van der Waals surface area contributed by atoms with Crippen molar-refractivity contribution in [1.29, 1.82) is 0 Å². The first kappa shape index (κ1) is 16.0. The van der Waals surface area contributed by atoms with Gasteiger partial charge in [0.25, 0.3) is 0 Å². The van der Waals surface area contributed by atoms with Gasteiger partial charge < -0.3 is 5.11 Å². The van der Waals surface area contributed by atoms with E-state index in [1.165, 1.54) is 31.2 Å². The van der Waals surface area contributed by atoms with Crippen LogP contribution in [-0.2, 0) is 6.18 Å². The van der Waals surface area contributed by atoms with Gasteiger partial charge in [0.15, 0.2) is 0 Å². The van der Waals surface area contributed by atoms with Gasteiger partial charge in [-0.3, -0.25) is 0 Å². The predicted molar refractivity (Wildman–Crippen MR) is 74.3 cm³/mol. The largest absolute Gasteiger partial charge is 0.416 e. The maximum Gasteiger partial charge on any atom is 0.416 e. The Labute approximate surface area is 127 Å². The fraction of sp³-hybridized carbons (Fsp3) is 0.200. The molecule has 21 heavy (non-hydrogen) atoms. The van der Waals surface area contributed by atoms with E-state index in [1.807, 2.05) is 0 Å². The van der Waals surface area contributed by atoms with Gasteiger partial charge >= 0.3 is 6.18 Å². The molecule has 2 rings (SSSR count). The highest BCUT2D eigenvalue weighted by molar-refractivity contribution is 9.10. The summed E-state index contributed by atoms with van der Waals surface area (Å²) in [5, 5.41) is 10.3. The molecule has 1 atom stereocenters. The molecule has 0 heterocycles. The lowest BCUT2D eigenvalue weighted by atomic mass is 9.98. The zero-order chi connectivity index (χ0) is 15.8. The maximum absolute atomic E-state index is 13.2. The molecule has 112 valence electrons. The molecule has 0 aromatic heterocycles. The molecule has 1 nitrogen and oxygen atoms in total. The fourth-order valence-electron chi connectivity index (χ4n) is 1.95. The minimum Gasteiger partial charge on any atom is -0.384 e. The Hall–Kier alpha value is -1.40. The lowest BCUT2D eigenvalue weighted by molar-refractivity contribution is -0.137. The van der Waals surface area contributed by atoms with Crippen molar-refractivity contribution in [3.05, 3.63) is 68.9 Å². The molecule has 6 heteroatoms. The number of aliphatic hydroxyl groups is 1. The van der Waals surface area contributed by atoms with Gasteiger partial charge in [0.1, 0.15) is 11.9 Å². The van der Waals surface area contributed by atoms with Crippen LogP contribution in [0.15, 0.2) is 40.9 Å². The molecule has 0 bridgehead atoms. The van der Waals surface area contributed by atoms with E-state index in [2.05, 4.69) is 15.9 Å². The summed E-state index contributed by atoms with van der Waals surface area (Å²) in [5.41, 5.74) is -0.127. The van der Waals surface area contributed by atoms with Crippen molar-refractivity contribution in [2.24, 2.45) is 0 Å². The van der Waals surface area contributed by atoms with Crippen molar-refractivity contribution >= 4 is 15.9 Å². The standard InChI is InChI=1S/C15H11BrF4O/c1-8-6-9(2-5-13(8)17)14(21)11-7-10(15(18,19)20)3-4-12(11)16/h2-7,14,21H,1H3. The third-order valence-corrected chi connectivity index (χ3v) is 3.84. The van der Waals surface area contributed by atoms with E-state index in [-0.39, 0.29) is 5.56 Å². The Bertz CT molecular complexity index is 667. The van der Waals surface area contributed by atoms with Crippen LogP contribution in [0, 0.1) is 12.7 Å². The number of rotatable bonds is 2. The smallest absolute Gasteiger partial charge is 0.384 e. The second-order valence-corrected chi connectivity index (χ2v) is 5.50. The van der Waals surface area contributed by atoms with E-state index in [9.17, 15) is 22.7 Å². The Balaban J connectivity index is 2.47. The molecule has 2 aromatic carbocycles. The number of hydrogen-bond acceptors (Lipinski definition) is 1. The minimum absolute atomic E-state index is 0.0795. The molecule has 0 radical (unpaired) electrons. The lowest BCUT2D eigenvalue weighted by Crippen LogP contribution is -2.08. The summed E-state index contributed by atoms with van der Waals surface area (Å²) < 4.78 is 51.8. The molecule has 0 aliphatic carbocycles. The van der Waals surface area contributed by atoms with Crippen molar-refractivity contribution in [1.82, 2.24) is 0 Å². The summed E-state index contributed by atoms with van der Waals surface area (Å²) in [6, 6.07) is 6.98. The normalized spacial score (nSPS) is 13.3. The quantitative estimate of drug-likeness (QED) is 0.745. The Kier molecular flexibility index (Phi) is 4.39. The fourth-order valence-corrected chi connectivity index (χ4v) is 2.41. The van der Waals surface area contributed by atoms with Gasteiger partial charge in [0.2, 0.25) is 0 Å². The van der Waals surface area contributed by atoms with Crippen molar-refractivity contribution in [3.63, 3.8) is 0 Å². The van der Waals surface area contributed by atoms with Crippen LogP contribution in [0.2, 0.25) is 0 Å². The zero-order valence-electron chi connectivity index (χ0n) is 10.9. The number of halogens is 5. The molecule has 0 saturated heterocycles. The summed E-state index contributed by atoms with van der Waals surface area (Å²) in [7, 11) is 0. The molecule has 0 spiro atoms. The molecular weight excluding hydrogens is 352 g/mol. The third-order valence-electron chi connectivity index (χ3n) is 3.12. The highest BCUT2D eigenvalue weighted by Gasteiger charge is 2.31. The van der Waals surface area contributed by atoms with Gasteiger partial charge in [-0.15, -0.1) is 0 Å². The predicted octanol–water partition coefficient (Wildman–Crippen LogP) is 5.00. The molecule has 0 saturated carbocycles. The SMILES string of the molecule is Cc1cc(C(O)c2cc(C(F)(F)F)ccc2Br)ccc1F. The molecule has 1 unspecified atom stereocenters. The van der Waals surface area contributed by atoms with Crippen LogP contribution in [0.25, 0.3) is 0 Å². The maximum atomic E-state index is 13.2. The van der Waals surface area contributed by atoms with Crippen LogP contribution in [0.4, 0.5) is 17.6 Å². The zero-order valence-corrected chi connectivity index (χ0v) is 12.5. The van der Waals surface area contributed by atoms with Crippen LogP contribution in [0.3, 0.4) is 0 Å².